The normalized spacial score (nSPS) is 15.5. The molecular weight excluding hydrogens is 167 g/mol. The average Bonchev–Trinajstić information content (AvgIpc) is 2.35. The van der Waals surface area contributed by atoms with E-state index in [4.69, 9.17) is 10.8 Å². The van der Waals surface area contributed by atoms with Gasteiger partial charge in [-0.05, 0) is 6.92 Å². The molecule has 0 aliphatic heterocycles. The molecule has 0 aliphatic rings. The molecule has 0 saturated heterocycles. The lowest BCUT2D eigenvalue weighted by Gasteiger charge is -2.09. The van der Waals surface area contributed by atoms with Crippen molar-refractivity contribution in [1.82, 2.24) is 4.98 Å². The molecule has 0 saturated carbocycles. The average molecular weight is 174 g/mol. The van der Waals surface area contributed by atoms with E-state index in [1.54, 1.807) is 0 Å². The van der Waals surface area contributed by atoms with Crippen molar-refractivity contribution < 1.29 is 18.7 Å². The number of nitrogens with two attached hydrogens (primary N) is 1. The molecule has 0 radical (unpaired) electrons. The van der Waals surface area contributed by atoms with Gasteiger partial charge < -0.3 is 15.3 Å². The first-order valence-electron chi connectivity index (χ1n) is 3.08. The van der Waals surface area contributed by atoms with Crippen molar-refractivity contribution in [2.75, 3.05) is 5.73 Å². The fraction of sp³-hybridized carbons (Fsp3) is 0.333. The second-order valence-corrected chi connectivity index (χ2v) is 2.38. The van der Waals surface area contributed by atoms with E-state index in [0.29, 0.717) is 0 Å². The van der Waals surface area contributed by atoms with Gasteiger partial charge in [0.1, 0.15) is 12.0 Å². The zero-order valence-corrected chi connectivity index (χ0v) is 6.24. The maximum atomic E-state index is 13.2. The molecule has 3 N–H and O–H groups in total. The number of nitrogens with zero attached hydrogens (tertiary/aromatic N) is 1. The Balaban J connectivity index is 3.05. The first-order chi connectivity index (χ1) is 5.44. The van der Waals surface area contributed by atoms with Crippen LogP contribution in [0.5, 0.6) is 0 Å². The number of carboxylic acids is 1. The van der Waals surface area contributed by atoms with Crippen LogP contribution in [0.25, 0.3) is 0 Å². The molecule has 0 bridgehead atoms. The zero-order valence-electron chi connectivity index (χ0n) is 6.24. The molecule has 1 aromatic heterocycles. The number of hydrogen-bond acceptors (Lipinski definition) is 4. The quantitative estimate of drug-likeness (QED) is 0.682. The van der Waals surface area contributed by atoms with Gasteiger partial charge in [-0.3, -0.25) is 0 Å². The highest BCUT2D eigenvalue weighted by Gasteiger charge is 2.38. The maximum absolute atomic E-state index is 13.2. The van der Waals surface area contributed by atoms with Crippen LogP contribution in [-0.4, -0.2) is 16.1 Å². The van der Waals surface area contributed by atoms with Crippen LogP contribution < -0.4 is 5.73 Å². The maximum Gasteiger partial charge on any atom is 0.347 e. The summed E-state index contributed by atoms with van der Waals surface area (Å²) < 4.78 is 17.6. The minimum Gasteiger partial charge on any atom is -0.479 e. The van der Waals surface area contributed by atoms with E-state index in [1.165, 1.54) is 0 Å². The number of rotatable bonds is 2. The van der Waals surface area contributed by atoms with E-state index in [-0.39, 0.29) is 11.7 Å². The molecule has 1 unspecified atom stereocenters. The largest absolute Gasteiger partial charge is 0.479 e. The number of aliphatic carboxylic acids is 1. The van der Waals surface area contributed by atoms with Crippen LogP contribution in [0.3, 0.4) is 0 Å². The number of carbonyl (C=O) groups is 1. The highest BCUT2D eigenvalue weighted by Crippen LogP contribution is 2.25. The predicted octanol–water partition coefficient (Wildman–Crippen LogP) is 0.526. The molecule has 0 fully saturated rings. The van der Waals surface area contributed by atoms with E-state index in [9.17, 15) is 9.18 Å². The van der Waals surface area contributed by atoms with Gasteiger partial charge in [-0.25, -0.2) is 9.18 Å². The number of anilines is 1. The molecule has 5 nitrogen and oxygen atoms in total. The van der Waals surface area contributed by atoms with E-state index < -0.39 is 11.6 Å². The number of nitrogen functional groups attached to an aromatic ring is 1. The standard InChI is InChI=1S/C6H7FN2O3/c1-6(7,4(10)11)3-2-12-5(8)9-3/h2H,1H3,(H2,8,9)(H,10,11). The molecule has 1 atom stereocenters. The van der Waals surface area contributed by atoms with Crippen LogP contribution in [-0.2, 0) is 10.5 Å². The molecule has 12 heavy (non-hydrogen) atoms. The van der Waals surface area contributed by atoms with Crippen LogP contribution in [0.1, 0.15) is 12.6 Å². The molecule has 1 aromatic rings. The number of oxazole rings is 1. The number of hydrogen-bond donors (Lipinski definition) is 2. The third-order valence-corrected chi connectivity index (χ3v) is 1.40. The van der Waals surface area contributed by atoms with Crippen molar-refractivity contribution in [2.45, 2.75) is 12.6 Å². The van der Waals surface area contributed by atoms with Gasteiger partial charge >= 0.3 is 5.97 Å². The van der Waals surface area contributed by atoms with Crippen LogP contribution >= 0.6 is 0 Å². The van der Waals surface area contributed by atoms with E-state index in [2.05, 4.69) is 9.40 Å². The predicted molar refractivity (Wildman–Crippen MR) is 37.0 cm³/mol. The topological polar surface area (TPSA) is 89.3 Å². The van der Waals surface area contributed by atoms with Crippen molar-refractivity contribution in [1.29, 1.82) is 0 Å². The number of alkyl halides is 1. The Morgan fingerprint density at radius 2 is 2.50 bits per heavy atom. The minimum atomic E-state index is -2.55. The number of aromatic nitrogens is 1. The SMILES string of the molecule is CC(F)(C(=O)O)c1coc(N)n1. The van der Waals surface area contributed by atoms with E-state index in [0.717, 1.165) is 13.2 Å². The second kappa shape index (κ2) is 2.47. The highest BCUT2D eigenvalue weighted by atomic mass is 19.1. The summed E-state index contributed by atoms with van der Waals surface area (Å²) in [6.07, 6.45) is 0.878. The summed E-state index contributed by atoms with van der Waals surface area (Å²) in [4.78, 5) is 13.7. The fourth-order valence-corrected chi connectivity index (χ4v) is 0.613. The summed E-state index contributed by atoms with van der Waals surface area (Å²) >= 11 is 0. The van der Waals surface area contributed by atoms with Gasteiger partial charge in [-0.15, -0.1) is 0 Å². The fourth-order valence-electron chi connectivity index (χ4n) is 0.613. The third kappa shape index (κ3) is 1.23. The Labute approximate surface area is 67.0 Å². The molecular formula is C6H7FN2O3. The monoisotopic (exact) mass is 174 g/mol. The Bertz CT molecular complexity index is 307. The van der Waals surface area contributed by atoms with Gasteiger partial charge in [0.2, 0.25) is 5.67 Å². The summed E-state index contributed by atoms with van der Waals surface area (Å²) in [7, 11) is 0. The lowest BCUT2D eigenvalue weighted by atomic mass is 10.1. The zero-order chi connectivity index (χ0) is 9.35. The molecule has 6 heteroatoms. The first-order valence-corrected chi connectivity index (χ1v) is 3.08. The lowest BCUT2D eigenvalue weighted by Crippen LogP contribution is -2.27. The van der Waals surface area contributed by atoms with Crippen LogP contribution in [0.2, 0.25) is 0 Å². The molecule has 1 heterocycles. The van der Waals surface area contributed by atoms with Crippen LogP contribution in [0.4, 0.5) is 10.4 Å². The van der Waals surface area contributed by atoms with Crippen molar-refractivity contribution in [3.8, 4) is 0 Å². The highest BCUT2D eigenvalue weighted by molar-refractivity contribution is 5.77. The van der Waals surface area contributed by atoms with Crippen molar-refractivity contribution in [3.05, 3.63) is 12.0 Å². The van der Waals surface area contributed by atoms with Crippen molar-refractivity contribution in [2.24, 2.45) is 0 Å². The van der Waals surface area contributed by atoms with Gasteiger partial charge in [0.15, 0.2) is 0 Å². The summed E-state index contributed by atoms with van der Waals surface area (Å²) in [5, 5.41) is 8.41. The van der Waals surface area contributed by atoms with Crippen LogP contribution in [0.15, 0.2) is 10.7 Å². The smallest absolute Gasteiger partial charge is 0.347 e. The molecule has 66 valence electrons. The van der Waals surface area contributed by atoms with Gasteiger partial charge in [0.25, 0.3) is 6.01 Å². The van der Waals surface area contributed by atoms with E-state index >= 15 is 0 Å². The molecule has 0 aliphatic carbocycles. The van der Waals surface area contributed by atoms with Gasteiger partial charge in [0.05, 0.1) is 0 Å². The lowest BCUT2D eigenvalue weighted by molar-refractivity contribution is -0.150. The molecule has 0 aromatic carbocycles. The second-order valence-electron chi connectivity index (χ2n) is 2.38. The summed E-state index contributed by atoms with van der Waals surface area (Å²) in [5.74, 6) is -1.63. The number of halogens is 1. The molecule has 0 amide bonds. The van der Waals surface area contributed by atoms with Gasteiger partial charge in [0, 0.05) is 0 Å². The molecule has 0 spiro atoms. The van der Waals surface area contributed by atoms with E-state index in [1.807, 2.05) is 0 Å². The van der Waals surface area contributed by atoms with Crippen molar-refractivity contribution >= 4 is 12.0 Å². The number of carboxylic acid groups (broad SMARTS) is 1. The summed E-state index contributed by atoms with van der Waals surface area (Å²) in [5.41, 5.74) is 2.14. The first kappa shape index (κ1) is 8.51. The van der Waals surface area contributed by atoms with Gasteiger partial charge in [-0.2, -0.15) is 4.98 Å². The van der Waals surface area contributed by atoms with Crippen molar-refractivity contribution in [3.63, 3.8) is 0 Å². The summed E-state index contributed by atoms with van der Waals surface area (Å²) in [6, 6.07) is -0.255. The molecule has 1 rings (SSSR count). The van der Waals surface area contributed by atoms with Gasteiger partial charge in [-0.1, -0.05) is 0 Å². The minimum absolute atomic E-state index is 0.255. The Morgan fingerprint density at radius 1 is 1.92 bits per heavy atom. The van der Waals surface area contributed by atoms with Crippen LogP contribution in [0, 0.1) is 0 Å². The third-order valence-electron chi connectivity index (χ3n) is 1.40. The summed E-state index contributed by atoms with van der Waals surface area (Å²) in [6.45, 7) is 0.868. The Hall–Kier alpha value is -1.59. The Kier molecular flexibility index (Phi) is 1.75. The Morgan fingerprint density at radius 3 is 2.83 bits per heavy atom.